The fourth-order valence-corrected chi connectivity index (χ4v) is 2.80. The summed E-state index contributed by atoms with van der Waals surface area (Å²) in [5, 5.41) is 0. The van der Waals surface area contributed by atoms with Gasteiger partial charge < -0.3 is 5.73 Å². The van der Waals surface area contributed by atoms with Gasteiger partial charge in [0.1, 0.15) is 15.7 Å². The van der Waals surface area contributed by atoms with Crippen LogP contribution < -0.4 is 10.5 Å². The molecule has 1 aromatic carbocycles. The van der Waals surface area contributed by atoms with Crippen molar-refractivity contribution in [2.75, 3.05) is 4.72 Å². The van der Waals surface area contributed by atoms with Crippen LogP contribution in [0, 0.1) is 12.7 Å². The van der Waals surface area contributed by atoms with Gasteiger partial charge >= 0.3 is 0 Å². The summed E-state index contributed by atoms with van der Waals surface area (Å²) in [5.41, 5.74) is 6.47. The first-order chi connectivity index (χ1) is 9.78. The van der Waals surface area contributed by atoms with Crippen molar-refractivity contribution >= 4 is 32.9 Å². The SMILES string of the molecule is Cc1cc(F)cc(NS(=O)(=O)c2ccc(C(N)=S)nc2)c1. The van der Waals surface area contributed by atoms with E-state index in [1.807, 2.05) is 0 Å². The lowest BCUT2D eigenvalue weighted by molar-refractivity contribution is 0.600. The maximum absolute atomic E-state index is 13.3. The summed E-state index contributed by atoms with van der Waals surface area (Å²) in [6.45, 7) is 1.67. The van der Waals surface area contributed by atoms with E-state index in [4.69, 9.17) is 18.0 Å². The lowest BCUT2D eigenvalue weighted by atomic mass is 10.2. The zero-order chi connectivity index (χ0) is 15.6. The van der Waals surface area contributed by atoms with E-state index in [9.17, 15) is 12.8 Å². The zero-order valence-corrected chi connectivity index (χ0v) is 12.6. The van der Waals surface area contributed by atoms with Crippen molar-refractivity contribution in [3.63, 3.8) is 0 Å². The second-order valence-electron chi connectivity index (χ2n) is 4.37. The summed E-state index contributed by atoms with van der Waals surface area (Å²) in [5.74, 6) is -0.519. The molecule has 5 nitrogen and oxygen atoms in total. The summed E-state index contributed by atoms with van der Waals surface area (Å²) >= 11 is 4.74. The first-order valence-electron chi connectivity index (χ1n) is 5.84. The molecule has 2 aromatic rings. The molecule has 0 saturated heterocycles. The number of nitrogens with two attached hydrogens (primary N) is 1. The number of sulfonamides is 1. The highest BCUT2D eigenvalue weighted by molar-refractivity contribution is 7.92. The van der Waals surface area contributed by atoms with Gasteiger partial charge in [-0.3, -0.25) is 9.71 Å². The molecule has 3 N–H and O–H groups in total. The lowest BCUT2D eigenvalue weighted by Crippen LogP contribution is -2.15. The summed E-state index contributed by atoms with van der Waals surface area (Å²) in [7, 11) is -3.85. The van der Waals surface area contributed by atoms with E-state index in [1.165, 1.54) is 24.3 Å². The Hall–Kier alpha value is -2.06. The number of hydrogen-bond donors (Lipinski definition) is 2. The number of benzene rings is 1. The number of aromatic nitrogens is 1. The van der Waals surface area contributed by atoms with Crippen LogP contribution in [0.1, 0.15) is 11.3 Å². The molecule has 0 aliphatic rings. The molecule has 0 aliphatic heterocycles. The van der Waals surface area contributed by atoms with Gasteiger partial charge in [-0.15, -0.1) is 0 Å². The Labute approximate surface area is 127 Å². The lowest BCUT2D eigenvalue weighted by Gasteiger charge is -2.09. The Morgan fingerprint density at radius 2 is 2.05 bits per heavy atom. The van der Waals surface area contributed by atoms with Crippen molar-refractivity contribution in [3.8, 4) is 0 Å². The molecule has 0 unspecified atom stereocenters. The first-order valence-corrected chi connectivity index (χ1v) is 7.73. The minimum absolute atomic E-state index is 0.0654. The van der Waals surface area contributed by atoms with Gasteiger partial charge in [-0.05, 0) is 42.8 Å². The molecule has 0 bridgehead atoms. The summed E-state index contributed by atoms with van der Waals surface area (Å²) in [6, 6.07) is 6.67. The monoisotopic (exact) mass is 325 g/mol. The molecule has 0 saturated carbocycles. The third kappa shape index (κ3) is 3.73. The Kier molecular flexibility index (Phi) is 4.19. The molecule has 1 heterocycles. The molecule has 0 fully saturated rings. The van der Waals surface area contributed by atoms with Gasteiger partial charge in [-0.2, -0.15) is 0 Å². The van der Waals surface area contributed by atoms with Crippen LogP contribution in [0.5, 0.6) is 0 Å². The normalized spacial score (nSPS) is 11.1. The van der Waals surface area contributed by atoms with Crippen molar-refractivity contribution in [3.05, 3.63) is 53.6 Å². The largest absolute Gasteiger partial charge is 0.388 e. The second kappa shape index (κ2) is 5.74. The van der Waals surface area contributed by atoms with Gasteiger partial charge in [0.05, 0.1) is 11.4 Å². The van der Waals surface area contributed by atoms with Gasteiger partial charge in [-0.25, -0.2) is 12.8 Å². The van der Waals surface area contributed by atoms with Gasteiger partial charge in [0.25, 0.3) is 10.0 Å². The molecule has 0 aliphatic carbocycles. The summed E-state index contributed by atoms with van der Waals surface area (Å²) < 4.78 is 39.9. The molecular formula is C13H12FN3O2S2. The number of nitrogens with zero attached hydrogens (tertiary/aromatic N) is 1. The van der Waals surface area contributed by atoms with Crippen LogP contribution in [0.15, 0.2) is 41.4 Å². The van der Waals surface area contributed by atoms with Gasteiger partial charge in [0.15, 0.2) is 0 Å². The third-order valence-corrected chi connectivity index (χ3v) is 4.17. The van der Waals surface area contributed by atoms with Gasteiger partial charge in [0.2, 0.25) is 0 Å². The second-order valence-corrected chi connectivity index (χ2v) is 6.49. The first kappa shape index (κ1) is 15.3. The van der Waals surface area contributed by atoms with Crippen molar-refractivity contribution in [2.45, 2.75) is 11.8 Å². The number of anilines is 1. The van der Waals surface area contributed by atoms with E-state index in [-0.39, 0.29) is 15.6 Å². The number of hydrogen-bond acceptors (Lipinski definition) is 4. The number of nitrogens with one attached hydrogen (secondary N) is 1. The number of halogens is 1. The third-order valence-electron chi connectivity index (χ3n) is 2.59. The average Bonchev–Trinajstić information content (AvgIpc) is 2.37. The van der Waals surface area contributed by atoms with Crippen LogP contribution in [0.4, 0.5) is 10.1 Å². The minimum Gasteiger partial charge on any atom is -0.388 e. The van der Waals surface area contributed by atoms with Crippen molar-refractivity contribution in [1.29, 1.82) is 0 Å². The van der Waals surface area contributed by atoms with E-state index in [2.05, 4.69) is 9.71 Å². The molecule has 2 rings (SSSR count). The topological polar surface area (TPSA) is 85.1 Å². The molecular weight excluding hydrogens is 313 g/mol. The van der Waals surface area contributed by atoms with E-state index in [1.54, 1.807) is 6.92 Å². The van der Waals surface area contributed by atoms with E-state index >= 15 is 0 Å². The standard InChI is InChI=1S/C13H12FN3O2S2/c1-8-4-9(14)6-10(5-8)17-21(18,19)11-2-3-12(13(15)20)16-7-11/h2-7,17H,1H3,(H2,15,20). The van der Waals surface area contributed by atoms with Crippen LogP contribution in [0.25, 0.3) is 0 Å². The highest BCUT2D eigenvalue weighted by atomic mass is 32.2. The summed E-state index contributed by atoms with van der Waals surface area (Å²) in [6.07, 6.45) is 1.14. The van der Waals surface area contributed by atoms with Crippen molar-refractivity contribution in [2.24, 2.45) is 5.73 Å². The zero-order valence-electron chi connectivity index (χ0n) is 11.0. The predicted octanol–water partition coefficient (Wildman–Crippen LogP) is 1.96. The Morgan fingerprint density at radius 1 is 1.33 bits per heavy atom. The smallest absolute Gasteiger partial charge is 0.263 e. The van der Waals surface area contributed by atoms with Crippen LogP contribution in [-0.2, 0) is 10.0 Å². The van der Waals surface area contributed by atoms with Crippen molar-refractivity contribution < 1.29 is 12.8 Å². The van der Waals surface area contributed by atoms with E-state index in [0.29, 0.717) is 11.3 Å². The van der Waals surface area contributed by atoms with Gasteiger partial charge in [-0.1, -0.05) is 12.2 Å². The number of pyridine rings is 1. The number of rotatable bonds is 4. The molecule has 21 heavy (non-hydrogen) atoms. The average molecular weight is 325 g/mol. The Bertz CT molecular complexity index is 769. The minimum atomic E-state index is -3.85. The molecule has 0 amide bonds. The fraction of sp³-hybridized carbons (Fsp3) is 0.0769. The molecule has 0 spiro atoms. The molecule has 8 heteroatoms. The van der Waals surface area contributed by atoms with E-state index in [0.717, 1.165) is 12.3 Å². The molecule has 1 aromatic heterocycles. The number of thiocarbonyl (C=S) groups is 1. The maximum atomic E-state index is 13.3. The van der Waals surface area contributed by atoms with E-state index < -0.39 is 15.8 Å². The van der Waals surface area contributed by atoms with Crippen LogP contribution in [0.3, 0.4) is 0 Å². The van der Waals surface area contributed by atoms with Crippen molar-refractivity contribution in [1.82, 2.24) is 4.98 Å². The fourth-order valence-electron chi connectivity index (χ4n) is 1.69. The Morgan fingerprint density at radius 3 is 2.57 bits per heavy atom. The highest BCUT2D eigenvalue weighted by Crippen LogP contribution is 2.18. The van der Waals surface area contributed by atoms with Crippen LogP contribution in [0.2, 0.25) is 0 Å². The van der Waals surface area contributed by atoms with Crippen LogP contribution in [-0.4, -0.2) is 18.4 Å². The highest BCUT2D eigenvalue weighted by Gasteiger charge is 2.15. The molecule has 0 radical (unpaired) electrons. The number of aryl methyl sites for hydroxylation is 1. The van der Waals surface area contributed by atoms with Gasteiger partial charge in [0, 0.05) is 6.20 Å². The Balaban J connectivity index is 2.31. The predicted molar refractivity (Wildman–Crippen MR) is 82.1 cm³/mol. The summed E-state index contributed by atoms with van der Waals surface area (Å²) in [4.78, 5) is 3.87. The maximum Gasteiger partial charge on any atom is 0.263 e. The quantitative estimate of drug-likeness (QED) is 0.840. The molecule has 110 valence electrons. The van der Waals surface area contributed by atoms with Crippen LogP contribution >= 0.6 is 12.2 Å². The molecule has 0 atom stereocenters.